The lowest BCUT2D eigenvalue weighted by Crippen LogP contribution is -2.10. The minimum Gasteiger partial charge on any atom is -0.476 e. The van der Waals surface area contributed by atoms with Crippen LogP contribution in [0.3, 0.4) is 0 Å². The van der Waals surface area contributed by atoms with Crippen molar-refractivity contribution in [3.05, 3.63) is 41.6 Å². The Bertz CT molecular complexity index is 585. The van der Waals surface area contributed by atoms with Crippen molar-refractivity contribution in [3.63, 3.8) is 0 Å². The molecule has 100 valence electrons. The van der Waals surface area contributed by atoms with Crippen molar-refractivity contribution in [2.24, 2.45) is 7.05 Å². The zero-order valence-corrected chi connectivity index (χ0v) is 11.3. The summed E-state index contributed by atoms with van der Waals surface area (Å²) in [5, 5.41) is 12.9. The van der Waals surface area contributed by atoms with Gasteiger partial charge in [0.25, 0.3) is 0 Å². The Labute approximate surface area is 112 Å². The van der Waals surface area contributed by atoms with Gasteiger partial charge in [-0.15, -0.1) is 0 Å². The Morgan fingerprint density at radius 1 is 1.32 bits per heavy atom. The smallest absolute Gasteiger partial charge is 0.356 e. The van der Waals surface area contributed by atoms with Crippen LogP contribution in [0.4, 0.5) is 0 Å². The second kappa shape index (κ2) is 5.24. The predicted octanol–water partition coefficient (Wildman–Crippen LogP) is 1.85. The lowest BCUT2D eigenvalue weighted by Gasteiger charge is -2.10. The topological polar surface area (TPSA) is 58.4 Å². The second-order valence-corrected chi connectivity index (χ2v) is 4.78. The highest BCUT2D eigenvalue weighted by Crippen LogP contribution is 2.20. The third-order valence-corrected chi connectivity index (χ3v) is 2.85. The van der Waals surface area contributed by atoms with Crippen LogP contribution in [0.2, 0.25) is 0 Å². The standard InChI is InChI=1S/C14H17N3O2/c1-16(2)9-10-4-6-11(7-5-10)13-8-12(14(18)19)15-17(13)3/h4-8H,9H2,1-3H3,(H,18,19). The first-order valence-electron chi connectivity index (χ1n) is 5.99. The van der Waals surface area contributed by atoms with Crippen LogP contribution in [-0.4, -0.2) is 39.9 Å². The molecule has 0 unspecified atom stereocenters. The Hall–Kier alpha value is -2.14. The summed E-state index contributed by atoms with van der Waals surface area (Å²) in [6.07, 6.45) is 0. The van der Waals surface area contributed by atoms with E-state index in [0.29, 0.717) is 0 Å². The molecule has 0 saturated heterocycles. The van der Waals surface area contributed by atoms with Crippen LogP contribution in [0.15, 0.2) is 30.3 Å². The molecular weight excluding hydrogens is 242 g/mol. The van der Waals surface area contributed by atoms with Gasteiger partial charge in [-0.3, -0.25) is 4.68 Å². The van der Waals surface area contributed by atoms with Gasteiger partial charge >= 0.3 is 5.97 Å². The zero-order chi connectivity index (χ0) is 14.0. The average Bonchev–Trinajstić information content (AvgIpc) is 2.72. The number of rotatable bonds is 4. The molecule has 5 nitrogen and oxygen atoms in total. The minimum absolute atomic E-state index is 0.0647. The van der Waals surface area contributed by atoms with Crippen molar-refractivity contribution < 1.29 is 9.90 Å². The van der Waals surface area contributed by atoms with E-state index >= 15 is 0 Å². The van der Waals surface area contributed by atoms with Crippen molar-refractivity contribution >= 4 is 5.97 Å². The van der Waals surface area contributed by atoms with E-state index in [1.807, 2.05) is 38.4 Å². The first kappa shape index (κ1) is 13.3. The fourth-order valence-electron chi connectivity index (χ4n) is 1.99. The fourth-order valence-corrected chi connectivity index (χ4v) is 1.99. The highest BCUT2D eigenvalue weighted by Gasteiger charge is 2.12. The van der Waals surface area contributed by atoms with Gasteiger partial charge in [0.15, 0.2) is 5.69 Å². The molecule has 0 atom stereocenters. The van der Waals surface area contributed by atoms with Crippen molar-refractivity contribution in [2.45, 2.75) is 6.54 Å². The second-order valence-electron chi connectivity index (χ2n) is 4.78. The number of nitrogens with zero attached hydrogens (tertiary/aromatic N) is 3. The molecule has 0 aliphatic carbocycles. The maximum Gasteiger partial charge on any atom is 0.356 e. The summed E-state index contributed by atoms with van der Waals surface area (Å²) >= 11 is 0. The highest BCUT2D eigenvalue weighted by atomic mass is 16.4. The molecule has 0 fully saturated rings. The predicted molar refractivity (Wildman–Crippen MR) is 73.0 cm³/mol. The van der Waals surface area contributed by atoms with E-state index in [-0.39, 0.29) is 5.69 Å². The van der Waals surface area contributed by atoms with Crippen LogP contribution in [0.1, 0.15) is 16.1 Å². The fraction of sp³-hybridized carbons (Fsp3) is 0.286. The van der Waals surface area contributed by atoms with E-state index in [1.165, 1.54) is 5.56 Å². The summed E-state index contributed by atoms with van der Waals surface area (Å²) in [7, 11) is 5.79. The maximum atomic E-state index is 10.9. The van der Waals surface area contributed by atoms with Crippen LogP contribution in [0.5, 0.6) is 0 Å². The van der Waals surface area contributed by atoms with E-state index < -0.39 is 5.97 Å². The summed E-state index contributed by atoms with van der Waals surface area (Å²) in [6.45, 7) is 0.881. The number of aromatic carboxylic acids is 1. The van der Waals surface area contributed by atoms with Gasteiger partial charge in [-0.25, -0.2) is 4.79 Å². The molecule has 1 aromatic heterocycles. The number of aryl methyl sites for hydroxylation is 1. The lowest BCUT2D eigenvalue weighted by molar-refractivity contribution is 0.0689. The van der Waals surface area contributed by atoms with E-state index in [2.05, 4.69) is 10.00 Å². The van der Waals surface area contributed by atoms with Gasteiger partial charge in [0, 0.05) is 13.6 Å². The summed E-state index contributed by atoms with van der Waals surface area (Å²) < 4.78 is 1.59. The molecule has 2 aromatic rings. The number of hydrogen-bond acceptors (Lipinski definition) is 3. The number of aromatic nitrogens is 2. The van der Waals surface area contributed by atoms with E-state index in [9.17, 15) is 4.79 Å². The van der Waals surface area contributed by atoms with Crippen molar-refractivity contribution in [3.8, 4) is 11.3 Å². The van der Waals surface area contributed by atoms with Gasteiger partial charge < -0.3 is 10.0 Å². The maximum absolute atomic E-state index is 10.9. The molecule has 0 amide bonds. The Morgan fingerprint density at radius 3 is 2.42 bits per heavy atom. The van der Waals surface area contributed by atoms with Crippen molar-refractivity contribution in [1.29, 1.82) is 0 Å². The van der Waals surface area contributed by atoms with Crippen LogP contribution in [0.25, 0.3) is 11.3 Å². The highest BCUT2D eigenvalue weighted by molar-refractivity contribution is 5.87. The number of hydrogen-bond donors (Lipinski definition) is 1. The summed E-state index contributed by atoms with van der Waals surface area (Å²) in [6, 6.07) is 9.65. The van der Waals surface area contributed by atoms with E-state index in [0.717, 1.165) is 17.8 Å². The normalized spacial score (nSPS) is 10.9. The molecule has 1 N–H and O–H groups in total. The van der Waals surface area contributed by atoms with Gasteiger partial charge in [0.05, 0.1) is 5.69 Å². The number of carbonyl (C=O) groups is 1. The molecule has 0 radical (unpaired) electrons. The summed E-state index contributed by atoms with van der Waals surface area (Å²) in [5.41, 5.74) is 3.04. The molecule has 0 aliphatic rings. The first-order valence-corrected chi connectivity index (χ1v) is 5.99. The summed E-state index contributed by atoms with van der Waals surface area (Å²) in [4.78, 5) is 13.0. The number of benzene rings is 1. The van der Waals surface area contributed by atoms with Crippen molar-refractivity contribution in [1.82, 2.24) is 14.7 Å². The van der Waals surface area contributed by atoms with E-state index in [4.69, 9.17) is 5.11 Å². The Balaban J connectivity index is 2.29. The molecular formula is C14H17N3O2. The van der Waals surface area contributed by atoms with Crippen LogP contribution in [-0.2, 0) is 13.6 Å². The minimum atomic E-state index is -1.01. The third-order valence-electron chi connectivity index (χ3n) is 2.85. The average molecular weight is 259 g/mol. The van der Waals surface area contributed by atoms with Gasteiger partial charge in [-0.1, -0.05) is 24.3 Å². The number of carboxylic acid groups (broad SMARTS) is 1. The summed E-state index contributed by atoms with van der Waals surface area (Å²) in [5.74, 6) is -1.01. The lowest BCUT2D eigenvalue weighted by atomic mass is 10.1. The Morgan fingerprint density at radius 2 is 1.95 bits per heavy atom. The molecule has 0 spiro atoms. The van der Waals surface area contributed by atoms with Crippen LogP contribution in [0, 0.1) is 0 Å². The quantitative estimate of drug-likeness (QED) is 0.910. The molecule has 5 heteroatoms. The van der Waals surface area contributed by atoms with E-state index in [1.54, 1.807) is 17.8 Å². The van der Waals surface area contributed by atoms with Gasteiger partial charge in [-0.05, 0) is 31.3 Å². The van der Waals surface area contributed by atoms with Gasteiger partial charge in [0.2, 0.25) is 0 Å². The molecule has 1 aromatic carbocycles. The van der Waals surface area contributed by atoms with Crippen LogP contribution < -0.4 is 0 Å². The monoisotopic (exact) mass is 259 g/mol. The van der Waals surface area contributed by atoms with Gasteiger partial charge in [-0.2, -0.15) is 5.10 Å². The largest absolute Gasteiger partial charge is 0.476 e. The molecule has 0 bridgehead atoms. The number of carboxylic acids is 1. The zero-order valence-electron chi connectivity index (χ0n) is 11.3. The third kappa shape index (κ3) is 3.00. The first-order chi connectivity index (χ1) is 8.97. The molecule has 1 heterocycles. The van der Waals surface area contributed by atoms with Crippen molar-refractivity contribution in [2.75, 3.05) is 14.1 Å². The SMILES string of the molecule is CN(C)Cc1ccc(-c2cc(C(=O)O)nn2C)cc1. The Kier molecular flexibility index (Phi) is 3.66. The van der Waals surface area contributed by atoms with Gasteiger partial charge in [0.1, 0.15) is 0 Å². The molecule has 0 saturated carbocycles. The molecule has 0 aliphatic heterocycles. The molecule has 2 rings (SSSR count). The van der Waals surface area contributed by atoms with Crippen LogP contribution >= 0.6 is 0 Å². The molecule has 19 heavy (non-hydrogen) atoms.